The maximum absolute atomic E-state index is 13.7. The average Bonchev–Trinajstić information content (AvgIpc) is 3.73. The monoisotopic (exact) mass is 678 g/mol. The second-order valence-electron chi connectivity index (χ2n) is 13.7. The zero-order valence-corrected chi connectivity index (χ0v) is 28.5. The van der Waals surface area contributed by atoms with Crippen molar-refractivity contribution in [1.82, 2.24) is 9.13 Å². The molecule has 53 heavy (non-hydrogen) atoms. The maximum Gasteiger partial charge on any atom is 0.344 e. The summed E-state index contributed by atoms with van der Waals surface area (Å²) >= 11 is 0. The molecular weight excluding hydrogens is 649 g/mol. The molecule has 0 fully saturated rings. The summed E-state index contributed by atoms with van der Waals surface area (Å²) in [7, 11) is 0. The summed E-state index contributed by atoms with van der Waals surface area (Å²) in [5.74, 6) is 0. The van der Waals surface area contributed by atoms with Gasteiger partial charge in [0, 0.05) is 38.3 Å². The van der Waals surface area contributed by atoms with Crippen LogP contribution in [0.4, 0.5) is 0 Å². The molecule has 0 aliphatic rings. The summed E-state index contributed by atoms with van der Waals surface area (Å²) in [6.07, 6.45) is 0. The van der Waals surface area contributed by atoms with Crippen LogP contribution in [0.2, 0.25) is 0 Å². The molecule has 3 aromatic heterocycles. The van der Waals surface area contributed by atoms with Crippen molar-refractivity contribution in [3.05, 3.63) is 192 Å². The minimum atomic E-state index is -0.338. The molecule has 0 saturated carbocycles. The molecular formula is C49H30N2O2. The summed E-state index contributed by atoms with van der Waals surface area (Å²) in [5, 5.41) is 7.11. The Labute approximate surface area is 304 Å². The Morgan fingerprint density at radius 3 is 1.28 bits per heavy atom. The van der Waals surface area contributed by atoms with E-state index >= 15 is 0 Å². The SMILES string of the molecule is O=c1oc2cc(-c3ccc4c(c3)c3ccccc3n4-c3ccccc3)ccc2c2ccc(-c3ccc4c(c3)c3ccccc3n4-c3ccccc3)cc12. The third kappa shape index (κ3) is 4.52. The van der Waals surface area contributed by atoms with Crippen molar-refractivity contribution >= 4 is 65.4 Å². The average molecular weight is 679 g/mol. The van der Waals surface area contributed by atoms with E-state index in [0.29, 0.717) is 11.0 Å². The van der Waals surface area contributed by atoms with Gasteiger partial charge < -0.3 is 13.6 Å². The van der Waals surface area contributed by atoms with E-state index in [0.717, 1.165) is 61.0 Å². The highest BCUT2D eigenvalue weighted by molar-refractivity contribution is 6.12. The highest BCUT2D eigenvalue weighted by Crippen LogP contribution is 2.38. The van der Waals surface area contributed by atoms with E-state index in [1.165, 1.54) is 27.1 Å². The van der Waals surface area contributed by atoms with Crippen LogP contribution in [-0.4, -0.2) is 9.13 Å². The molecule has 3 heterocycles. The third-order valence-electron chi connectivity index (χ3n) is 10.8. The van der Waals surface area contributed by atoms with Gasteiger partial charge in [0.15, 0.2) is 0 Å². The topological polar surface area (TPSA) is 40.1 Å². The van der Waals surface area contributed by atoms with Crippen molar-refractivity contribution in [3.8, 4) is 33.6 Å². The molecule has 0 saturated heterocycles. The molecule has 248 valence electrons. The van der Waals surface area contributed by atoms with Crippen molar-refractivity contribution in [2.24, 2.45) is 0 Å². The van der Waals surface area contributed by atoms with Gasteiger partial charge >= 0.3 is 5.63 Å². The van der Waals surface area contributed by atoms with Gasteiger partial charge in [-0.05, 0) is 107 Å². The summed E-state index contributed by atoms with van der Waals surface area (Å²) in [4.78, 5) is 13.7. The summed E-state index contributed by atoms with van der Waals surface area (Å²) in [6, 6.07) is 63.5. The summed E-state index contributed by atoms with van der Waals surface area (Å²) in [5.41, 5.74) is 11.2. The Balaban J connectivity index is 1.01. The standard InChI is InChI=1S/C49H30N2O2/c52-49-43-29-31(32-21-25-46-41(27-32)38-15-7-9-17-44(38)50(46)35-11-3-1-4-12-35)19-23-37(43)40-24-20-34(30-48(40)53-49)33-22-26-47-42(28-33)39-16-8-10-18-45(39)51(47)36-13-5-2-6-14-36/h1-30H. The first kappa shape index (κ1) is 29.5. The first-order valence-electron chi connectivity index (χ1n) is 17.9. The number of nitrogens with zero attached hydrogens (tertiary/aromatic N) is 2. The van der Waals surface area contributed by atoms with Gasteiger partial charge in [0.1, 0.15) is 5.58 Å². The van der Waals surface area contributed by atoms with Crippen LogP contribution in [-0.2, 0) is 0 Å². The highest BCUT2D eigenvalue weighted by Gasteiger charge is 2.16. The predicted octanol–water partition coefficient (Wildman–Crippen LogP) is 12.5. The summed E-state index contributed by atoms with van der Waals surface area (Å²) in [6.45, 7) is 0. The first-order valence-corrected chi connectivity index (χ1v) is 17.9. The lowest BCUT2D eigenvalue weighted by molar-refractivity contribution is 0.570. The van der Waals surface area contributed by atoms with Crippen LogP contribution in [0.3, 0.4) is 0 Å². The van der Waals surface area contributed by atoms with Crippen LogP contribution in [0.15, 0.2) is 191 Å². The minimum Gasteiger partial charge on any atom is -0.422 e. The van der Waals surface area contributed by atoms with Crippen molar-refractivity contribution < 1.29 is 4.42 Å². The molecule has 8 aromatic carbocycles. The zero-order chi connectivity index (χ0) is 35.0. The van der Waals surface area contributed by atoms with Crippen molar-refractivity contribution in [2.75, 3.05) is 0 Å². The smallest absolute Gasteiger partial charge is 0.344 e. The second kappa shape index (κ2) is 11.4. The van der Waals surface area contributed by atoms with E-state index in [-0.39, 0.29) is 5.63 Å². The lowest BCUT2D eigenvalue weighted by Gasteiger charge is -2.10. The van der Waals surface area contributed by atoms with E-state index in [1.54, 1.807) is 0 Å². The van der Waals surface area contributed by atoms with E-state index < -0.39 is 0 Å². The molecule has 0 atom stereocenters. The molecule has 0 aliphatic carbocycles. The van der Waals surface area contributed by atoms with E-state index in [4.69, 9.17) is 4.42 Å². The lowest BCUT2D eigenvalue weighted by atomic mass is 9.97. The van der Waals surface area contributed by atoms with Gasteiger partial charge in [0.25, 0.3) is 0 Å². The van der Waals surface area contributed by atoms with Crippen LogP contribution in [0.1, 0.15) is 0 Å². The van der Waals surface area contributed by atoms with Gasteiger partial charge in [-0.3, -0.25) is 0 Å². The fourth-order valence-electron chi connectivity index (χ4n) is 8.31. The molecule has 0 aliphatic heterocycles. The maximum atomic E-state index is 13.7. The molecule has 0 spiro atoms. The Bertz CT molecular complexity index is 3300. The van der Waals surface area contributed by atoms with Crippen LogP contribution in [0.5, 0.6) is 0 Å². The van der Waals surface area contributed by atoms with Crippen molar-refractivity contribution in [1.29, 1.82) is 0 Å². The molecule has 11 aromatic rings. The van der Waals surface area contributed by atoms with Crippen LogP contribution in [0, 0.1) is 0 Å². The Morgan fingerprint density at radius 2 is 0.736 bits per heavy atom. The van der Waals surface area contributed by atoms with Crippen LogP contribution >= 0.6 is 0 Å². The normalized spacial score (nSPS) is 11.8. The number of aromatic nitrogens is 2. The van der Waals surface area contributed by atoms with E-state index in [9.17, 15) is 4.79 Å². The largest absolute Gasteiger partial charge is 0.422 e. The summed E-state index contributed by atoms with van der Waals surface area (Å²) < 4.78 is 10.7. The number of fused-ring (bicyclic) bond motifs is 9. The second-order valence-corrected chi connectivity index (χ2v) is 13.7. The van der Waals surface area contributed by atoms with Gasteiger partial charge in [-0.25, -0.2) is 4.79 Å². The Kier molecular flexibility index (Phi) is 6.37. The molecule has 11 rings (SSSR count). The van der Waals surface area contributed by atoms with Crippen LogP contribution in [0.25, 0.3) is 99.0 Å². The fraction of sp³-hybridized carbons (Fsp3) is 0. The van der Waals surface area contributed by atoms with Gasteiger partial charge in [-0.2, -0.15) is 0 Å². The number of rotatable bonds is 4. The van der Waals surface area contributed by atoms with E-state index in [2.05, 4.69) is 167 Å². The van der Waals surface area contributed by atoms with Crippen molar-refractivity contribution in [3.63, 3.8) is 0 Å². The number of hydrogen-bond acceptors (Lipinski definition) is 2. The molecule has 0 unspecified atom stereocenters. The lowest BCUT2D eigenvalue weighted by Crippen LogP contribution is -2.00. The predicted molar refractivity (Wildman–Crippen MR) is 220 cm³/mol. The highest BCUT2D eigenvalue weighted by atomic mass is 16.4. The number of benzene rings is 8. The van der Waals surface area contributed by atoms with Gasteiger partial charge in [-0.1, -0.05) is 103 Å². The molecule has 0 N–H and O–H groups in total. The number of hydrogen-bond donors (Lipinski definition) is 0. The van der Waals surface area contributed by atoms with Gasteiger partial charge in [0.05, 0.1) is 27.5 Å². The molecule has 0 bridgehead atoms. The molecule has 4 heteroatoms. The Morgan fingerprint density at radius 1 is 0.321 bits per heavy atom. The zero-order valence-electron chi connectivity index (χ0n) is 28.5. The Hall–Kier alpha value is -7.17. The van der Waals surface area contributed by atoms with E-state index in [1.807, 2.05) is 24.3 Å². The number of para-hydroxylation sites is 4. The fourth-order valence-corrected chi connectivity index (χ4v) is 8.31. The molecule has 4 nitrogen and oxygen atoms in total. The van der Waals surface area contributed by atoms with Crippen LogP contribution < -0.4 is 5.63 Å². The van der Waals surface area contributed by atoms with Crippen molar-refractivity contribution in [2.45, 2.75) is 0 Å². The molecule has 0 radical (unpaired) electrons. The third-order valence-corrected chi connectivity index (χ3v) is 10.8. The molecule has 0 amide bonds. The quantitative estimate of drug-likeness (QED) is 0.137. The van der Waals surface area contributed by atoms with Gasteiger partial charge in [0.2, 0.25) is 0 Å². The van der Waals surface area contributed by atoms with Gasteiger partial charge in [-0.15, -0.1) is 0 Å². The first-order chi connectivity index (χ1) is 26.2. The minimum absolute atomic E-state index is 0.338.